The first-order chi connectivity index (χ1) is 15.0. The minimum atomic E-state index is -0.395. The number of fused-ring (bicyclic) bond motifs is 1. The van der Waals surface area contributed by atoms with Gasteiger partial charge in [-0.3, -0.25) is 9.69 Å². The van der Waals surface area contributed by atoms with Crippen LogP contribution >= 0.6 is 22.9 Å². The number of hydrogen-bond donors (Lipinski definition) is 1. The maximum atomic E-state index is 12.7. The Kier molecular flexibility index (Phi) is 6.31. The van der Waals surface area contributed by atoms with Crippen LogP contribution < -0.4 is 5.73 Å². The average Bonchev–Trinajstić information content (AvgIpc) is 3.17. The highest BCUT2D eigenvalue weighted by Gasteiger charge is 2.35. The van der Waals surface area contributed by atoms with Crippen molar-refractivity contribution in [1.82, 2.24) is 19.8 Å². The first-order valence-corrected chi connectivity index (χ1v) is 11.1. The Morgan fingerprint density at radius 2 is 2.13 bits per heavy atom. The summed E-state index contributed by atoms with van der Waals surface area (Å²) in [4.78, 5) is 37.7. The molecule has 1 unspecified atom stereocenters. The zero-order valence-corrected chi connectivity index (χ0v) is 18.5. The number of aromatic nitrogens is 2. The van der Waals surface area contributed by atoms with Crippen molar-refractivity contribution in [3.8, 4) is 0 Å². The van der Waals surface area contributed by atoms with Crippen molar-refractivity contribution in [1.29, 1.82) is 0 Å². The van der Waals surface area contributed by atoms with E-state index in [9.17, 15) is 9.59 Å². The molecule has 7 nitrogen and oxygen atoms in total. The van der Waals surface area contributed by atoms with Gasteiger partial charge in [0.1, 0.15) is 18.4 Å². The lowest BCUT2D eigenvalue weighted by Gasteiger charge is -2.43. The summed E-state index contributed by atoms with van der Waals surface area (Å²) >= 11 is 7.35. The molecule has 160 valence electrons. The molecule has 1 aliphatic rings. The number of nitrogens with zero attached hydrogens (tertiary/aromatic N) is 4. The molecule has 0 saturated carbocycles. The highest BCUT2D eigenvalue weighted by Crippen LogP contribution is 2.24. The second-order valence-corrected chi connectivity index (χ2v) is 9.20. The van der Waals surface area contributed by atoms with E-state index in [1.54, 1.807) is 23.1 Å². The number of thiophene rings is 1. The molecule has 1 saturated heterocycles. The molecule has 2 N–H and O–H groups in total. The Labute approximate surface area is 189 Å². The zero-order chi connectivity index (χ0) is 22.0. The molecule has 1 fully saturated rings. The van der Waals surface area contributed by atoms with E-state index in [-0.39, 0.29) is 11.9 Å². The standard InChI is InChI=1S/C22H22ClN5O2S/c1-14-19(12-29)27(11-15-2-5-17-18(10-15)25-13-26-22(17)24)8-9-28(14)21(30)7-4-16-3-6-20(23)31-16/h2-7,10,12-14,19H,8-9,11H2,1H3,(H2,24,25,26)/t14-,19?/m0/s1. The summed E-state index contributed by atoms with van der Waals surface area (Å²) in [6.07, 6.45) is 5.67. The molecule has 0 aliphatic carbocycles. The number of hydrogen-bond acceptors (Lipinski definition) is 7. The van der Waals surface area contributed by atoms with Gasteiger partial charge in [-0.25, -0.2) is 9.97 Å². The van der Waals surface area contributed by atoms with Gasteiger partial charge in [-0.1, -0.05) is 17.7 Å². The molecule has 1 amide bonds. The van der Waals surface area contributed by atoms with Gasteiger partial charge in [0.25, 0.3) is 0 Å². The third-order valence-corrected chi connectivity index (χ3v) is 6.76. The van der Waals surface area contributed by atoms with Gasteiger partial charge >= 0.3 is 0 Å². The van der Waals surface area contributed by atoms with Crippen LogP contribution in [0.4, 0.5) is 5.82 Å². The Hall–Kier alpha value is -2.81. The summed E-state index contributed by atoms with van der Waals surface area (Å²) in [5.41, 5.74) is 7.70. The number of benzene rings is 1. The number of halogens is 1. The number of amides is 1. The van der Waals surface area contributed by atoms with E-state index in [0.717, 1.165) is 27.6 Å². The van der Waals surface area contributed by atoms with Crippen LogP contribution in [0.5, 0.6) is 0 Å². The molecule has 4 rings (SSSR count). The van der Waals surface area contributed by atoms with Gasteiger partial charge in [0.05, 0.1) is 21.9 Å². The monoisotopic (exact) mass is 455 g/mol. The number of rotatable bonds is 5. The third kappa shape index (κ3) is 4.61. The average molecular weight is 456 g/mol. The van der Waals surface area contributed by atoms with Gasteiger partial charge in [0.2, 0.25) is 5.91 Å². The van der Waals surface area contributed by atoms with E-state index in [2.05, 4.69) is 14.9 Å². The molecule has 0 spiro atoms. The summed E-state index contributed by atoms with van der Waals surface area (Å²) in [7, 11) is 0. The minimum absolute atomic E-state index is 0.110. The summed E-state index contributed by atoms with van der Waals surface area (Å²) in [6, 6.07) is 8.87. The maximum Gasteiger partial charge on any atom is 0.246 e. The lowest BCUT2D eigenvalue weighted by atomic mass is 10.0. The fraction of sp³-hybridized carbons (Fsp3) is 0.273. The summed E-state index contributed by atoms with van der Waals surface area (Å²) in [5, 5.41) is 0.806. The number of piperazine rings is 1. The number of carbonyl (C=O) groups excluding carboxylic acids is 2. The number of anilines is 1. The van der Waals surface area contributed by atoms with Crippen molar-refractivity contribution in [2.45, 2.75) is 25.6 Å². The van der Waals surface area contributed by atoms with E-state index in [1.165, 1.54) is 17.7 Å². The highest BCUT2D eigenvalue weighted by molar-refractivity contribution is 7.17. The maximum absolute atomic E-state index is 12.7. The minimum Gasteiger partial charge on any atom is -0.383 e. The van der Waals surface area contributed by atoms with Crippen LogP contribution in [-0.4, -0.2) is 57.1 Å². The van der Waals surface area contributed by atoms with Crippen molar-refractivity contribution in [3.63, 3.8) is 0 Å². The summed E-state index contributed by atoms with van der Waals surface area (Å²) in [6.45, 7) is 3.64. The number of carbonyl (C=O) groups is 2. The lowest BCUT2D eigenvalue weighted by Crippen LogP contribution is -2.60. The SMILES string of the molecule is C[C@H]1C(C=O)N(Cc2ccc3c(N)ncnc3c2)CCN1C(=O)C=Cc1ccc(Cl)s1. The topological polar surface area (TPSA) is 92.4 Å². The molecule has 3 heterocycles. The Morgan fingerprint density at radius 1 is 1.29 bits per heavy atom. The molecule has 0 radical (unpaired) electrons. The molecular weight excluding hydrogens is 434 g/mol. The van der Waals surface area contributed by atoms with Crippen LogP contribution in [-0.2, 0) is 16.1 Å². The first-order valence-electron chi connectivity index (χ1n) is 9.89. The third-order valence-electron chi connectivity index (χ3n) is 5.56. The fourth-order valence-electron chi connectivity index (χ4n) is 3.90. The van der Waals surface area contributed by atoms with E-state index < -0.39 is 6.04 Å². The number of aldehydes is 1. The predicted octanol–water partition coefficient (Wildman–Crippen LogP) is 3.24. The molecule has 2 atom stereocenters. The van der Waals surface area contributed by atoms with Gasteiger partial charge < -0.3 is 15.4 Å². The van der Waals surface area contributed by atoms with Crippen molar-refractivity contribution in [2.75, 3.05) is 18.8 Å². The lowest BCUT2D eigenvalue weighted by molar-refractivity contribution is -0.134. The van der Waals surface area contributed by atoms with E-state index >= 15 is 0 Å². The van der Waals surface area contributed by atoms with Crippen LogP contribution in [0.15, 0.2) is 42.7 Å². The molecule has 2 aromatic heterocycles. The van der Waals surface area contributed by atoms with Crippen molar-refractivity contribution in [2.24, 2.45) is 0 Å². The summed E-state index contributed by atoms with van der Waals surface area (Å²) in [5.74, 6) is 0.336. The van der Waals surface area contributed by atoms with Crippen LogP contribution in [0, 0.1) is 0 Å². The quantitative estimate of drug-likeness (QED) is 0.469. The van der Waals surface area contributed by atoms with Gasteiger partial charge in [-0.15, -0.1) is 11.3 Å². The molecule has 1 aromatic carbocycles. The Morgan fingerprint density at radius 3 is 2.87 bits per heavy atom. The smallest absolute Gasteiger partial charge is 0.246 e. The van der Waals surface area contributed by atoms with Crippen LogP contribution in [0.1, 0.15) is 17.4 Å². The summed E-state index contributed by atoms with van der Waals surface area (Å²) < 4.78 is 0.679. The van der Waals surface area contributed by atoms with E-state index in [1.807, 2.05) is 31.2 Å². The van der Waals surface area contributed by atoms with Gasteiger partial charge in [0, 0.05) is 36.0 Å². The van der Waals surface area contributed by atoms with Crippen LogP contribution in [0.3, 0.4) is 0 Å². The molecule has 3 aromatic rings. The van der Waals surface area contributed by atoms with Crippen molar-refractivity contribution < 1.29 is 9.59 Å². The molecule has 0 bridgehead atoms. The molecular formula is C22H22ClN5O2S. The zero-order valence-electron chi connectivity index (χ0n) is 16.9. The Balaban J connectivity index is 1.46. The van der Waals surface area contributed by atoms with E-state index in [4.69, 9.17) is 17.3 Å². The van der Waals surface area contributed by atoms with Gasteiger partial charge in [-0.2, -0.15) is 0 Å². The van der Waals surface area contributed by atoms with Gasteiger partial charge in [-0.05, 0) is 42.8 Å². The normalized spacial score (nSPS) is 19.9. The van der Waals surface area contributed by atoms with Gasteiger partial charge in [0.15, 0.2) is 0 Å². The molecule has 9 heteroatoms. The van der Waals surface area contributed by atoms with E-state index in [0.29, 0.717) is 29.8 Å². The van der Waals surface area contributed by atoms with Crippen LogP contribution in [0.2, 0.25) is 4.34 Å². The van der Waals surface area contributed by atoms with Crippen LogP contribution in [0.25, 0.3) is 17.0 Å². The predicted molar refractivity (Wildman–Crippen MR) is 124 cm³/mol. The Bertz CT molecular complexity index is 1150. The largest absolute Gasteiger partial charge is 0.383 e. The highest BCUT2D eigenvalue weighted by atomic mass is 35.5. The first kappa shape index (κ1) is 21.4. The number of nitrogen functional groups attached to an aromatic ring is 1. The van der Waals surface area contributed by atoms with Crippen molar-refractivity contribution >= 4 is 57.9 Å². The second-order valence-electron chi connectivity index (χ2n) is 7.46. The second kappa shape index (κ2) is 9.13. The van der Waals surface area contributed by atoms with Crippen molar-refractivity contribution in [3.05, 3.63) is 57.5 Å². The molecule has 1 aliphatic heterocycles. The number of nitrogens with two attached hydrogens (primary N) is 1. The fourth-order valence-corrected chi connectivity index (χ4v) is 4.86. The molecule has 31 heavy (non-hydrogen) atoms.